The van der Waals surface area contributed by atoms with E-state index < -0.39 is 0 Å². The summed E-state index contributed by atoms with van der Waals surface area (Å²) in [4.78, 5) is 5.09. The molecule has 0 aromatic rings. The maximum atomic E-state index is 5.99. The molecule has 1 saturated carbocycles. The van der Waals surface area contributed by atoms with Crippen molar-refractivity contribution in [1.82, 2.24) is 9.80 Å². The highest BCUT2D eigenvalue weighted by Gasteiger charge is 2.27. The van der Waals surface area contributed by atoms with Gasteiger partial charge in [0.2, 0.25) is 0 Å². The third kappa shape index (κ3) is 3.90. The minimum atomic E-state index is 0.475. The zero-order chi connectivity index (χ0) is 11.4. The summed E-state index contributed by atoms with van der Waals surface area (Å²) in [5.41, 5.74) is 0. The summed E-state index contributed by atoms with van der Waals surface area (Å²) < 4.78 is 0. The molecule has 2 fully saturated rings. The van der Waals surface area contributed by atoms with Crippen LogP contribution >= 0.6 is 11.6 Å². The van der Waals surface area contributed by atoms with Crippen LogP contribution in [0.15, 0.2) is 0 Å². The molecule has 3 heteroatoms. The third-order valence-electron chi connectivity index (χ3n) is 3.96. The van der Waals surface area contributed by atoms with Crippen LogP contribution in [0.2, 0.25) is 0 Å². The van der Waals surface area contributed by atoms with Crippen molar-refractivity contribution in [2.75, 3.05) is 39.8 Å². The molecule has 0 radical (unpaired) electrons. The quantitative estimate of drug-likeness (QED) is 0.663. The average molecular weight is 245 g/mol. The van der Waals surface area contributed by atoms with Crippen molar-refractivity contribution in [3.8, 4) is 0 Å². The SMILES string of the molecule is CN(CCCN1CCCC1)CC1CC(Cl)C1. The first-order valence-electron chi connectivity index (χ1n) is 6.79. The van der Waals surface area contributed by atoms with E-state index in [9.17, 15) is 0 Å². The van der Waals surface area contributed by atoms with E-state index in [4.69, 9.17) is 11.6 Å². The second kappa shape index (κ2) is 6.23. The van der Waals surface area contributed by atoms with Crippen LogP contribution in [0.25, 0.3) is 0 Å². The van der Waals surface area contributed by atoms with Gasteiger partial charge >= 0.3 is 0 Å². The summed E-state index contributed by atoms with van der Waals surface area (Å²) in [5.74, 6) is 0.874. The van der Waals surface area contributed by atoms with Gasteiger partial charge in [0.25, 0.3) is 0 Å². The van der Waals surface area contributed by atoms with Crippen LogP contribution in [-0.4, -0.2) is 54.9 Å². The lowest BCUT2D eigenvalue weighted by Crippen LogP contribution is -2.36. The van der Waals surface area contributed by atoms with Crippen molar-refractivity contribution in [1.29, 1.82) is 0 Å². The molecular weight excluding hydrogens is 220 g/mol. The topological polar surface area (TPSA) is 6.48 Å². The second-order valence-electron chi connectivity index (χ2n) is 5.60. The molecule has 94 valence electrons. The lowest BCUT2D eigenvalue weighted by Gasteiger charge is -2.34. The lowest BCUT2D eigenvalue weighted by molar-refractivity contribution is 0.200. The number of hydrogen-bond donors (Lipinski definition) is 0. The van der Waals surface area contributed by atoms with Gasteiger partial charge in [-0.15, -0.1) is 11.6 Å². The molecule has 0 N–H and O–H groups in total. The molecule has 0 spiro atoms. The van der Waals surface area contributed by atoms with Gasteiger partial charge in [0.1, 0.15) is 0 Å². The predicted molar refractivity (Wildman–Crippen MR) is 70.2 cm³/mol. The smallest absolute Gasteiger partial charge is 0.0342 e. The van der Waals surface area contributed by atoms with Crippen LogP contribution in [0.3, 0.4) is 0 Å². The van der Waals surface area contributed by atoms with Gasteiger partial charge in [-0.2, -0.15) is 0 Å². The molecule has 2 nitrogen and oxygen atoms in total. The number of alkyl halides is 1. The average Bonchev–Trinajstić information content (AvgIpc) is 2.68. The molecule has 1 aliphatic heterocycles. The van der Waals surface area contributed by atoms with E-state index in [1.807, 2.05) is 0 Å². The van der Waals surface area contributed by atoms with Gasteiger partial charge in [-0.25, -0.2) is 0 Å². The van der Waals surface area contributed by atoms with Crippen molar-refractivity contribution in [2.45, 2.75) is 37.5 Å². The number of halogens is 1. The third-order valence-corrected chi connectivity index (χ3v) is 4.32. The van der Waals surface area contributed by atoms with E-state index in [-0.39, 0.29) is 0 Å². The number of likely N-dealkylation sites (tertiary alicyclic amines) is 1. The Morgan fingerprint density at radius 3 is 2.56 bits per heavy atom. The monoisotopic (exact) mass is 244 g/mol. The highest BCUT2D eigenvalue weighted by Crippen LogP contribution is 2.32. The Balaban J connectivity index is 1.48. The summed E-state index contributed by atoms with van der Waals surface area (Å²) in [5, 5.41) is 0.475. The number of hydrogen-bond acceptors (Lipinski definition) is 2. The first-order valence-corrected chi connectivity index (χ1v) is 7.22. The second-order valence-corrected chi connectivity index (χ2v) is 6.22. The zero-order valence-electron chi connectivity index (χ0n) is 10.5. The molecule has 0 aromatic heterocycles. The maximum absolute atomic E-state index is 5.99. The minimum Gasteiger partial charge on any atom is -0.306 e. The van der Waals surface area contributed by atoms with Crippen molar-refractivity contribution in [3.05, 3.63) is 0 Å². The summed E-state index contributed by atoms with van der Waals surface area (Å²) in [6.45, 7) is 6.47. The van der Waals surface area contributed by atoms with E-state index in [0.29, 0.717) is 5.38 Å². The lowest BCUT2D eigenvalue weighted by atomic mass is 9.84. The summed E-state index contributed by atoms with van der Waals surface area (Å²) >= 11 is 5.99. The fourth-order valence-electron chi connectivity index (χ4n) is 2.91. The Labute approximate surface area is 105 Å². The van der Waals surface area contributed by atoms with Crippen LogP contribution < -0.4 is 0 Å². The minimum absolute atomic E-state index is 0.475. The molecule has 0 aromatic carbocycles. The normalized spacial score (nSPS) is 30.9. The highest BCUT2D eigenvalue weighted by molar-refractivity contribution is 6.21. The largest absolute Gasteiger partial charge is 0.306 e. The van der Waals surface area contributed by atoms with Crippen molar-refractivity contribution < 1.29 is 0 Å². The first-order chi connectivity index (χ1) is 7.74. The molecule has 1 heterocycles. The molecule has 1 aliphatic carbocycles. The van der Waals surface area contributed by atoms with Crippen molar-refractivity contribution in [3.63, 3.8) is 0 Å². The van der Waals surface area contributed by atoms with Crippen LogP contribution in [-0.2, 0) is 0 Å². The van der Waals surface area contributed by atoms with Gasteiger partial charge in [-0.3, -0.25) is 0 Å². The maximum Gasteiger partial charge on any atom is 0.0342 e. The van der Waals surface area contributed by atoms with Gasteiger partial charge in [0, 0.05) is 11.9 Å². The molecule has 1 saturated heterocycles. The highest BCUT2D eigenvalue weighted by atomic mass is 35.5. The molecule has 16 heavy (non-hydrogen) atoms. The first kappa shape index (κ1) is 12.7. The summed E-state index contributed by atoms with van der Waals surface area (Å²) in [6, 6.07) is 0. The van der Waals surface area contributed by atoms with Crippen LogP contribution in [0, 0.1) is 5.92 Å². The molecule has 0 bridgehead atoms. The van der Waals surface area contributed by atoms with Gasteiger partial charge in [0.05, 0.1) is 0 Å². The predicted octanol–water partition coefficient (Wildman–Crippen LogP) is 2.42. The van der Waals surface area contributed by atoms with E-state index in [0.717, 1.165) is 5.92 Å². The molecule has 2 aliphatic rings. The van der Waals surface area contributed by atoms with Gasteiger partial charge < -0.3 is 9.80 Å². The Hall–Kier alpha value is 0.210. The molecule has 0 amide bonds. The van der Waals surface area contributed by atoms with Gasteiger partial charge in [-0.05, 0) is 71.2 Å². The van der Waals surface area contributed by atoms with Crippen LogP contribution in [0.1, 0.15) is 32.1 Å². The fraction of sp³-hybridized carbons (Fsp3) is 1.00. The van der Waals surface area contributed by atoms with Crippen molar-refractivity contribution >= 4 is 11.6 Å². The number of rotatable bonds is 6. The van der Waals surface area contributed by atoms with Crippen LogP contribution in [0.5, 0.6) is 0 Å². The van der Waals surface area contributed by atoms with Crippen LogP contribution in [0.4, 0.5) is 0 Å². The summed E-state index contributed by atoms with van der Waals surface area (Å²) in [6.07, 6.45) is 6.62. The van der Waals surface area contributed by atoms with Crippen molar-refractivity contribution in [2.24, 2.45) is 5.92 Å². The molecule has 2 rings (SSSR count). The van der Waals surface area contributed by atoms with E-state index in [2.05, 4.69) is 16.8 Å². The zero-order valence-corrected chi connectivity index (χ0v) is 11.3. The van der Waals surface area contributed by atoms with E-state index in [1.54, 1.807) is 0 Å². The molecule has 0 unspecified atom stereocenters. The standard InChI is InChI=1S/C13H25ClN2/c1-15(11-12-9-13(14)10-12)5-4-8-16-6-2-3-7-16/h12-13H,2-11H2,1H3. The Morgan fingerprint density at radius 1 is 1.25 bits per heavy atom. The van der Waals surface area contributed by atoms with Gasteiger partial charge in [-0.1, -0.05) is 0 Å². The van der Waals surface area contributed by atoms with E-state index >= 15 is 0 Å². The van der Waals surface area contributed by atoms with Gasteiger partial charge in [0.15, 0.2) is 0 Å². The Bertz CT molecular complexity index is 198. The molecular formula is C13H25ClN2. The fourth-order valence-corrected chi connectivity index (χ4v) is 3.41. The molecule has 0 atom stereocenters. The van der Waals surface area contributed by atoms with E-state index in [1.165, 1.54) is 64.8 Å². The Morgan fingerprint density at radius 2 is 1.94 bits per heavy atom. The Kier molecular flexibility index (Phi) is 4.93. The number of nitrogens with zero attached hydrogens (tertiary/aromatic N) is 2. The summed E-state index contributed by atoms with van der Waals surface area (Å²) in [7, 11) is 2.26.